The monoisotopic (exact) mass is 307 g/mol. The molecule has 6 nitrogen and oxygen atoms in total. The maximum Gasteiger partial charge on any atom is 0.231 e. The highest BCUT2D eigenvalue weighted by molar-refractivity contribution is 6.28. The molecule has 0 spiro atoms. The summed E-state index contributed by atoms with van der Waals surface area (Å²) >= 11 is 5.95. The molecule has 1 aromatic heterocycles. The van der Waals surface area contributed by atoms with Gasteiger partial charge in [-0.15, -0.1) is 0 Å². The molecule has 7 heteroatoms. The van der Waals surface area contributed by atoms with Gasteiger partial charge in [-0.1, -0.05) is 12.1 Å². The molecule has 0 radical (unpaired) electrons. The zero-order valence-electron chi connectivity index (χ0n) is 12.5. The fourth-order valence-corrected chi connectivity index (χ4v) is 1.97. The van der Waals surface area contributed by atoms with E-state index in [9.17, 15) is 0 Å². The number of rotatable bonds is 5. The van der Waals surface area contributed by atoms with E-state index in [1.54, 1.807) is 12.0 Å². The SMILES string of the molecule is COc1cccc(CN(C)c2nc(Cl)nc(N(C)C)n2)c1. The normalized spacial score (nSPS) is 10.3. The van der Waals surface area contributed by atoms with Gasteiger partial charge in [0.2, 0.25) is 17.2 Å². The minimum Gasteiger partial charge on any atom is -0.497 e. The first kappa shape index (κ1) is 15.3. The summed E-state index contributed by atoms with van der Waals surface area (Å²) in [4.78, 5) is 16.3. The standard InChI is InChI=1S/C14H18ClN5O/c1-19(2)13-16-12(15)17-14(18-13)20(3)9-10-6-5-7-11(8-10)21-4/h5-8H,9H2,1-4H3. The molecule has 112 valence electrons. The number of ether oxygens (including phenoxy) is 1. The maximum atomic E-state index is 5.95. The highest BCUT2D eigenvalue weighted by Gasteiger charge is 2.11. The average molecular weight is 308 g/mol. The molecule has 0 saturated carbocycles. The van der Waals surface area contributed by atoms with Crippen molar-refractivity contribution in [1.29, 1.82) is 0 Å². The van der Waals surface area contributed by atoms with Crippen molar-refractivity contribution in [2.24, 2.45) is 0 Å². The molecule has 0 aliphatic heterocycles. The lowest BCUT2D eigenvalue weighted by atomic mass is 10.2. The van der Waals surface area contributed by atoms with Crippen molar-refractivity contribution in [3.63, 3.8) is 0 Å². The Bertz CT molecular complexity index is 620. The second kappa shape index (κ2) is 6.58. The quantitative estimate of drug-likeness (QED) is 0.844. The van der Waals surface area contributed by atoms with Crippen LogP contribution >= 0.6 is 11.6 Å². The lowest BCUT2D eigenvalue weighted by Crippen LogP contribution is -2.22. The molecule has 1 aromatic carbocycles. The van der Waals surface area contributed by atoms with Gasteiger partial charge in [0.25, 0.3) is 0 Å². The van der Waals surface area contributed by atoms with E-state index in [0.29, 0.717) is 18.4 Å². The van der Waals surface area contributed by atoms with Gasteiger partial charge < -0.3 is 14.5 Å². The Labute approximate surface area is 129 Å². The van der Waals surface area contributed by atoms with E-state index in [0.717, 1.165) is 11.3 Å². The summed E-state index contributed by atoms with van der Waals surface area (Å²) in [6.07, 6.45) is 0. The number of methoxy groups -OCH3 is 1. The molecule has 2 rings (SSSR count). The second-order valence-electron chi connectivity index (χ2n) is 4.81. The molecular weight excluding hydrogens is 290 g/mol. The lowest BCUT2D eigenvalue weighted by molar-refractivity contribution is 0.414. The number of nitrogens with zero attached hydrogens (tertiary/aromatic N) is 5. The first-order valence-electron chi connectivity index (χ1n) is 6.42. The van der Waals surface area contributed by atoms with Crippen molar-refractivity contribution in [1.82, 2.24) is 15.0 Å². The van der Waals surface area contributed by atoms with Gasteiger partial charge in [-0.3, -0.25) is 0 Å². The molecular formula is C14H18ClN5O. The van der Waals surface area contributed by atoms with E-state index in [2.05, 4.69) is 15.0 Å². The molecule has 0 bridgehead atoms. The predicted octanol–water partition coefficient (Wildman–Crippen LogP) is 2.24. The summed E-state index contributed by atoms with van der Waals surface area (Å²) in [6.45, 7) is 0.643. The van der Waals surface area contributed by atoms with Crippen molar-refractivity contribution in [2.75, 3.05) is 38.1 Å². The Morgan fingerprint density at radius 1 is 1.10 bits per heavy atom. The third-order valence-corrected chi connectivity index (χ3v) is 3.05. The van der Waals surface area contributed by atoms with Crippen LogP contribution in [0.15, 0.2) is 24.3 Å². The Morgan fingerprint density at radius 3 is 2.48 bits per heavy atom. The molecule has 0 fully saturated rings. The van der Waals surface area contributed by atoms with Crippen LogP contribution in [-0.4, -0.2) is 43.2 Å². The topological polar surface area (TPSA) is 54.4 Å². The summed E-state index contributed by atoms with van der Waals surface area (Å²) in [5.41, 5.74) is 1.10. The Hall–Kier alpha value is -2.08. The second-order valence-corrected chi connectivity index (χ2v) is 5.14. The summed E-state index contributed by atoms with van der Waals surface area (Å²) in [7, 11) is 7.28. The van der Waals surface area contributed by atoms with Gasteiger partial charge in [0.15, 0.2) is 0 Å². The van der Waals surface area contributed by atoms with Gasteiger partial charge in [-0.2, -0.15) is 15.0 Å². The van der Waals surface area contributed by atoms with Crippen LogP contribution in [0.3, 0.4) is 0 Å². The van der Waals surface area contributed by atoms with Gasteiger partial charge in [-0.05, 0) is 29.3 Å². The first-order valence-corrected chi connectivity index (χ1v) is 6.80. The predicted molar refractivity (Wildman–Crippen MR) is 84.3 cm³/mol. The number of hydrogen-bond acceptors (Lipinski definition) is 6. The number of benzene rings is 1. The van der Waals surface area contributed by atoms with Crippen LogP contribution in [-0.2, 0) is 6.54 Å². The Kier molecular flexibility index (Phi) is 4.80. The minimum absolute atomic E-state index is 0.182. The van der Waals surface area contributed by atoms with Crippen LogP contribution in [0, 0.1) is 0 Å². The van der Waals surface area contributed by atoms with Crippen LogP contribution in [0.25, 0.3) is 0 Å². The number of aromatic nitrogens is 3. The molecule has 0 atom stereocenters. The third kappa shape index (κ3) is 3.95. The molecule has 21 heavy (non-hydrogen) atoms. The van der Waals surface area contributed by atoms with Crippen molar-refractivity contribution in [2.45, 2.75) is 6.54 Å². The molecule has 1 heterocycles. The summed E-state index contributed by atoms with van der Waals surface area (Å²) in [6, 6.07) is 7.86. The molecule has 0 aliphatic rings. The van der Waals surface area contributed by atoms with Gasteiger partial charge in [0.05, 0.1) is 7.11 Å². The van der Waals surface area contributed by atoms with Crippen molar-refractivity contribution < 1.29 is 4.74 Å². The van der Waals surface area contributed by atoms with E-state index in [1.807, 2.05) is 50.3 Å². The molecule has 0 saturated heterocycles. The van der Waals surface area contributed by atoms with E-state index in [1.165, 1.54) is 0 Å². The van der Waals surface area contributed by atoms with Crippen LogP contribution in [0.5, 0.6) is 5.75 Å². The van der Waals surface area contributed by atoms with Crippen molar-refractivity contribution in [3.05, 3.63) is 35.1 Å². The van der Waals surface area contributed by atoms with Crippen LogP contribution in [0.4, 0.5) is 11.9 Å². The van der Waals surface area contributed by atoms with Crippen molar-refractivity contribution in [3.8, 4) is 5.75 Å². The summed E-state index contributed by atoms with van der Waals surface area (Å²) in [5.74, 6) is 1.88. The fraction of sp³-hybridized carbons (Fsp3) is 0.357. The van der Waals surface area contributed by atoms with Gasteiger partial charge in [-0.25, -0.2) is 0 Å². The van der Waals surface area contributed by atoms with Gasteiger partial charge >= 0.3 is 0 Å². The maximum absolute atomic E-state index is 5.95. The molecule has 2 aromatic rings. The Morgan fingerprint density at radius 2 is 1.81 bits per heavy atom. The Balaban J connectivity index is 2.21. The third-order valence-electron chi connectivity index (χ3n) is 2.88. The molecule has 0 aliphatic carbocycles. The van der Waals surface area contributed by atoms with Gasteiger partial charge in [0, 0.05) is 27.7 Å². The van der Waals surface area contributed by atoms with E-state index >= 15 is 0 Å². The summed E-state index contributed by atoms with van der Waals surface area (Å²) < 4.78 is 5.22. The largest absolute Gasteiger partial charge is 0.497 e. The number of anilines is 2. The first-order chi connectivity index (χ1) is 9.99. The molecule has 0 unspecified atom stereocenters. The molecule has 0 amide bonds. The summed E-state index contributed by atoms with van der Waals surface area (Å²) in [5, 5.41) is 0.182. The zero-order chi connectivity index (χ0) is 15.4. The van der Waals surface area contributed by atoms with E-state index < -0.39 is 0 Å². The van der Waals surface area contributed by atoms with Crippen LogP contribution in [0.1, 0.15) is 5.56 Å². The smallest absolute Gasteiger partial charge is 0.231 e. The van der Waals surface area contributed by atoms with Crippen LogP contribution in [0.2, 0.25) is 5.28 Å². The minimum atomic E-state index is 0.182. The van der Waals surface area contributed by atoms with E-state index in [4.69, 9.17) is 16.3 Å². The molecule has 0 N–H and O–H groups in total. The van der Waals surface area contributed by atoms with Crippen molar-refractivity contribution >= 4 is 23.5 Å². The highest BCUT2D eigenvalue weighted by atomic mass is 35.5. The number of hydrogen-bond donors (Lipinski definition) is 0. The zero-order valence-corrected chi connectivity index (χ0v) is 13.3. The van der Waals surface area contributed by atoms with E-state index in [-0.39, 0.29) is 5.28 Å². The van der Waals surface area contributed by atoms with Gasteiger partial charge in [0.1, 0.15) is 5.75 Å². The average Bonchev–Trinajstić information content (AvgIpc) is 2.46. The number of halogens is 1. The van der Waals surface area contributed by atoms with Crippen LogP contribution < -0.4 is 14.5 Å². The lowest BCUT2D eigenvalue weighted by Gasteiger charge is -2.19. The highest BCUT2D eigenvalue weighted by Crippen LogP contribution is 2.18. The fourth-order valence-electron chi connectivity index (χ4n) is 1.82.